The van der Waals surface area contributed by atoms with E-state index in [9.17, 15) is 17.6 Å². The molecule has 0 aromatic carbocycles. The SMILES string of the molecule is CC(CC(F)F)=C(C)CC(F)F. The lowest BCUT2D eigenvalue weighted by Gasteiger charge is -2.06. The number of allylic oxidation sites excluding steroid dienone is 2. The van der Waals surface area contributed by atoms with Gasteiger partial charge in [0.25, 0.3) is 0 Å². The van der Waals surface area contributed by atoms with E-state index in [0.29, 0.717) is 11.1 Å². The molecule has 0 saturated heterocycles. The Morgan fingerprint density at radius 3 is 1.25 bits per heavy atom. The second-order valence-corrected chi connectivity index (χ2v) is 2.75. The third-order valence-corrected chi connectivity index (χ3v) is 1.65. The average Bonchev–Trinajstić information content (AvgIpc) is 1.84. The topological polar surface area (TPSA) is 0 Å². The summed E-state index contributed by atoms with van der Waals surface area (Å²) in [5.74, 6) is 0. The molecule has 72 valence electrons. The van der Waals surface area contributed by atoms with E-state index in [4.69, 9.17) is 0 Å². The minimum atomic E-state index is -2.45. The summed E-state index contributed by atoms with van der Waals surface area (Å²) in [6.07, 6.45) is -5.70. The van der Waals surface area contributed by atoms with Crippen molar-refractivity contribution in [2.24, 2.45) is 0 Å². The smallest absolute Gasteiger partial charge is 0.210 e. The lowest BCUT2D eigenvalue weighted by atomic mass is 10.1. The first-order valence-electron chi connectivity index (χ1n) is 3.65. The Morgan fingerprint density at radius 2 is 1.08 bits per heavy atom. The molecule has 0 aromatic rings. The van der Waals surface area contributed by atoms with Crippen LogP contribution in [0.25, 0.3) is 0 Å². The molecule has 0 spiro atoms. The second kappa shape index (κ2) is 5.17. The maximum atomic E-state index is 11.8. The number of hydrogen-bond acceptors (Lipinski definition) is 0. The highest BCUT2D eigenvalue weighted by atomic mass is 19.3. The Balaban J connectivity index is 4.06. The molecule has 0 saturated carbocycles. The maximum Gasteiger partial charge on any atom is 0.242 e. The van der Waals surface area contributed by atoms with Gasteiger partial charge in [-0.05, 0) is 13.8 Å². The second-order valence-electron chi connectivity index (χ2n) is 2.75. The Morgan fingerprint density at radius 1 is 0.833 bits per heavy atom. The van der Waals surface area contributed by atoms with Gasteiger partial charge in [0.1, 0.15) is 0 Å². The predicted molar refractivity (Wildman–Crippen MR) is 39.6 cm³/mol. The van der Waals surface area contributed by atoms with Crippen molar-refractivity contribution in [3.05, 3.63) is 11.1 Å². The average molecular weight is 184 g/mol. The highest BCUT2D eigenvalue weighted by Gasteiger charge is 2.09. The highest BCUT2D eigenvalue weighted by molar-refractivity contribution is 5.10. The van der Waals surface area contributed by atoms with Gasteiger partial charge in [-0.25, -0.2) is 17.6 Å². The predicted octanol–water partition coefficient (Wildman–Crippen LogP) is 3.63. The van der Waals surface area contributed by atoms with Gasteiger partial charge in [0, 0.05) is 12.8 Å². The standard InChI is InChI=1S/C8H12F4/c1-5(3-7(9)10)6(2)4-8(11)12/h7-8H,3-4H2,1-2H3. The summed E-state index contributed by atoms with van der Waals surface area (Å²) in [5.41, 5.74) is 0.732. The van der Waals surface area contributed by atoms with Crippen LogP contribution in [0.5, 0.6) is 0 Å². The van der Waals surface area contributed by atoms with E-state index in [1.54, 1.807) is 0 Å². The number of rotatable bonds is 4. The van der Waals surface area contributed by atoms with Crippen LogP contribution in [0.2, 0.25) is 0 Å². The van der Waals surface area contributed by atoms with Gasteiger partial charge in [0.05, 0.1) is 0 Å². The lowest BCUT2D eigenvalue weighted by molar-refractivity contribution is 0.142. The van der Waals surface area contributed by atoms with Crippen molar-refractivity contribution in [3.63, 3.8) is 0 Å². The first-order chi connectivity index (χ1) is 5.43. The summed E-state index contributed by atoms with van der Waals surface area (Å²) < 4.78 is 47.0. The molecule has 0 unspecified atom stereocenters. The molecular weight excluding hydrogens is 172 g/mol. The van der Waals surface area contributed by atoms with Crippen LogP contribution in [0, 0.1) is 0 Å². The van der Waals surface area contributed by atoms with Crippen molar-refractivity contribution < 1.29 is 17.6 Å². The van der Waals surface area contributed by atoms with Gasteiger partial charge in [0.2, 0.25) is 12.9 Å². The molecule has 0 aliphatic heterocycles. The molecule has 12 heavy (non-hydrogen) atoms. The molecular formula is C8H12F4. The number of hydrogen-bond donors (Lipinski definition) is 0. The molecule has 0 N–H and O–H groups in total. The summed E-state index contributed by atoms with van der Waals surface area (Å²) in [5, 5.41) is 0. The van der Waals surface area contributed by atoms with Crippen LogP contribution in [0.15, 0.2) is 11.1 Å². The first-order valence-corrected chi connectivity index (χ1v) is 3.65. The van der Waals surface area contributed by atoms with E-state index in [1.165, 1.54) is 13.8 Å². The van der Waals surface area contributed by atoms with Gasteiger partial charge in [-0.15, -0.1) is 0 Å². The van der Waals surface area contributed by atoms with Crippen molar-refractivity contribution in [2.75, 3.05) is 0 Å². The highest BCUT2D eigenvalue weighted by Crippen LogP contribution is 2.18. The van der Waals surface area contributed by atoms with Gasteiger partial charge in [0.15, 0.2) is 0 Å². The zero-order valence-corrected chi connectivity index (χ0v) is 7.08. The molecule has 4 heteroatoms. The van der Waals surface area contributed by atoms with Crippen LogP contribution in [-0.4, -0.2) is 12.9 Å². The van der Waals surface area contributed by atoms with E-state index < -0.39 is 25.7 Å². The molecule has 0 fully saturated rings. The monoisotopic (exact) mass is 184 g/mol. The van der Waals surface area contributed by atoms with E-state index >= 15 is 0 Å². The van der Waals surface area contributed by atoms with Gasteiger partial charge in [-0.1, -0.05) is 11.1 Å². The molecule has 0 bridgehead atoms. The Labute approximate surface area is 69.3 Å². The quantitative estimate of drug-likeness (QED) is 0.462. The van der Waals surface area contributed by atoms with Crippen LogP contribution in [0.3, 0.4) is 0 Å². The van der Waals surface area contributed by atoms with Crippen molar-refractivity contribution in [3.8, 4) is 0 Å². The minimum absolute atomic E-state index is 0.366. The van der Waals surface area contributed by atoms with Crippen molar-refractivity contribution in [2.45, 2.75) is 39.5 Å². The molecule has 0 aromatic heterocycles. The summed E-state index contributed by atoms with van der Waals surface area (Å²) in [4.78, 5) is 0. The van der Waals surface area contributed by atoms with Crippen LogP contribution >= 0.6 is 0 Å². The van der Waals surface area contributed by atoms with Crippen LogP contribution in [0.4, 0.5) is 17.6 Å². The van der Waals surface area contributed by atoms with Crippen LogP contribution in [-0.2, 0) is 0 Å². The van der Waals surface area contributed by atoms with Gasteiger partial charge in [-0.3, -0.25) is 0 Å². The summed E-state index contributed by atoms with van der Waals surface area (Å²) in [6, 6.07) is 0. The van der Waals surface area contributed by atoms with Crippen LogP contribution < -0.4 is 0 Å². The fourth-order valence-electron chi connectivity index (χ4n) is 0.811. The molecule has 0 rings (SSSR count). The third-order valence-electron chi connectivity index (χ3n) is 1.65. The third kappa shape index (κ3) is 5.16. The van der Waals surface area contributed by atoms with Crippen LogP contribution in [0.1, 0.15) is 26.7 Å². The summed E-state index contributed by atoms with van der Waals surface area (Å²) in [6.45, 7) is 2.92. The van der Waals surface area contributed by atoms with Gasteiger partial charge in [-0.2, -0.15) is 0 Å². The van der Waals surface area contributed by atoms with Gasteiger partial charge < -0.3 is 0 Å². The Hall–Kier alpha value is -0.540. The minimum Gasteiger partial charge on any atom is -0.210 e. The zero-order valence-electron chi connectivity index (χ0n) is 7.08. The maximum absolute atomic E-state index is 11.8. The largest absolute Gasteiger partial charge is 0.242 e. The number of halogens is 4. The van der Waals surface area contributed by atoms with Gasteiger partial charge >= 0.3 is 0 Å². The normalized spacial score (nSPS) is 14.0. The molecule has 0 aliphatic rings. The van der Waals surface area contributed by atoms with Crippen molar-refractivity contribution >= 4 is 0 Å². The molecule has 0 nitrogen and oxygen atoms in total. The van der Waals surface area contributed by atoms with E-state index in [1.807, 2.05) is 0 Å². The van der Waals surface area contributed by atoms with Crippen molar-refractivity contribution in [1.82, 2.24) is 0 Å². The summed E-state index contributed by atoms with van der Waals surface area (Å²) >= 11 is 0. The fraction of sp³-hybridized carbons (Fsp3) is 0.750. The molecule has 0 aliphatic carbocycles. The summed E-state index contributed by atoms with van der Waals surface area (Å²) in [7, 11) is 0. The molecule has 0 radical (unpaired) electrons. The fourth-order valence-corrected chi connectivity index (χ4v) is 0.811. The molecule has 0 amide bonds. The number of alkyl halides is 4. The molecule has 0 atom stereocenters. The molecule has 0 heterocycles. The zero-order chi connectivity index (χ0) is 9.72. The van der Waals surface area contributed by atoms with E-state index in [-0.39, 0.29) is 0 Å². The van der Waals surface area contributed by atoms with Crippen molar-refractivity contribution in [1.29, 1.82) is 0 Å². The lowest BCUT2D eigenvalue weighted by Crippen LogP contribution is -1.97. The van der Waals surface area contributed by atoms with E-state index in [2.05, 4.69) is 0 Å². The van der Waals surface area contributed by atoms with E-state index in [0.717, 1.165) is 0 Å². The Kier molecular flexibility index (Phi) is 4.93. The Bertz CT molecular complexity index is 142. The first kappa shape index (κ1) is 11.5.